The molecule has 1 atom stereocenters. The second-order valence-corrected chi connectivity index (χ2v) is 5.47. The predicted molar refractivity (Wildman–Crippen MR) is 81.3 cm³/mol. The highest BCUT2D eigenvalue weighted by molar-refractivity contribution is 6.06. The summed E-state index contributed by atoms with van der Waals surface area (Å²) in [5.74, 6) is -1.33. The van der Waals surface area contributed by atoms with Crippen LogP contribution in [0.25, 0.3) is 0 Å². The number of nitrogens with one attached hydrogen (secondary N) is 2. The molecule has 2 aliphatic heterocycles. The van der Waals surface area contributed by atoms with E-state index >= 15 is 0 Å². The molecule has 2 N–H and O–H groups in total. The van der Waals surface area contributed by atoms with Gasteiger partial charge in [0.25, 0.3) is 5.91 Å². The molecular formula is C16H15N3O4. The molecule has 2 heterocycles. The molecule has 7 heteroatoms. The van der Waals surface area contributed by atoms with Crippen molar-refractivity contribution in [2.24, 2.45) is 0 Å². The monoisotopic (exact) mass is 313 g/mol. The van der Waals surface area contributed by atoms with E-state index in [4.69, 9.17) is 0 Å². The molecule has 23 heavy (non-hydrogen) atoms. The maximum atomic E-state index is 12.5. The second kappa shape index (κ2) is 5.68. The summed E-state index contributed by atoms with van der Waals surface area (Å²) in [6.45, 7) is 3.66. The number of rotatable bonds is 3. The summed E-state index contributed by atoms with van der Waals surface area (Å²) in [4.78, 5) is 48.4. The van der Waals surface area contributed by atoms with E-state index in [1.54, 1.807) is 18.2 Å². The van der Waals surface area contributed by atoms with E-state index in [1.807, 2.05) is 0 Å². The van der Waals surface area contributed by atoms with E-state index in [0.29, 0.717) is 17.7 Å². The Bertz CT molecular complexity index is 741. The smallest absolute Gasteiger partial charge is 0.255 e. The lowest BCUT2D eigenvalue weighted by Crippen LogP contribution is -2.52. The number of hydrogen-bond acceptors (Lipinski definition) is 4. The van der Waals surface area contributed by atoms with Gasteiger partial charge in [-0.1, -0.05) is 6.58 Å². The van der Waals surface area contributed by atoms with Crippen LogP contribution in [0.3, 0.4) is 0 Å². The maximum absolute atomic E-state index is 12.5. The number of imide groups is 1. The fraction of sp³-hybridized carbons (Fsp3) is 0.250. The fourth-order valence-corrected chi connectivity index (χ4v) is 2.85. The lowest BCUT2D eigenvalue weighted by molar-refractivity contribution is -0.136. The first-order valence-electron chi connectivity index (χ1n) is 7.20. The van der Waals surface area contributed by atoms with Gasteiger partial charge in [0.1, 0.15) is 6.04 Å². The summed E-state index contributed by atoms with van der Waals surface area (Å²) in [6.07, 6.45) is 1.70. The summed E-state index contributed by atoms with van der Waals surface area (Å²) in [6, 6.07) is 4.33. The second-order valence-electron chi connectivity index (χ2n) is 5.47. The van der Waals surface area contributed by atoms with Crippen LogP contribution in [0.5, 0.6) is 0 Å². The predicted octanol–water partition coefficient (Wildman–Crippen LogP) is 0.572. The van der Waals surface area contributed by atoms with Crippen molar-refractivity contribution in [3.05, 3.63) is 42.0 Å². The van der Waals surface area contributed by atoms with Gasteiger partial charge in [0.05, 0.1) is 0 Å². The SMILES string of the molecule is C=CC(=O)Nc1ccc2c(c1)CN(C1CCC(=O)NC1=O)C2=O. The number of fused-ring (bicyclic) bond motifs is 1. The Labute approximate surface area is 132 Å². The van der Waals surface area contributed by atoms with Gasteiger partial charge < -0.3 is 10.2 Å². The minimum atomic E-state index is -0.640. The van der Waals surface area contributed by atoms with Crippen LogP contribution >= 0.6 is 0 Å². The largest absolute Gasteiger partial charge is 0.323 e. The van der Waals surface area contributed by atoms with E-state index in [-0.39, 0.29) is 30.7 Å². The Morgan fingerprint density at radius 2 is 2.13 bits per heavy atom. The van der Waals surface area contributed by atoms with Gasteiger partial charge in [0.15, 0.2) is 0 Å². The molecule has 118 valence electrons. The molecule has 1 aromatic rings. The Hall–Kier alpha value is -2.96. The molecule has 4 amide bonds. The van der Waals surface area contributed by atoms with Crippen molar-refractivity contribution in [3.63, 3.8) is 0 Å². The third-order valence-electron chi connectivity index (χ3n) is 3.98. The normalized spacial score (nSPS) is 20.1. The highest BCUT2D eigenvalue weighted by atomic mass is 16.2. The van der Waals surface area contributed by atoms with Gasteiger partial charge in [-0.25, -0.2) is 0 Å². The van der Waals surface area contributed by atoms with E-state index < -0.39 is 11.9 Å². The first kappa shape index (κ1) is 15.0. The molecule has 7 nitrogen and oxygen atoms in total. The van der Waals surface area contributed by atoms with E-state index in [2.05, 4.69) is 17.2 Å². The molecule has 3 rings (SSSR count). The number of piperidine rings is 1. The summed E-state index contributed by atoms with van der Waals surface area (Å²) in [5.41, 5.74) is 1.81. The summed E-state index contributed by atoms with van der Waals surface area (Å²) in [7, 11) is 0. The minimum absolute atomic E-state index is 0.219. The van der Waals surface area contributed by atoms with Crippen LogP contribution in [0.2, 0.25) is 0 Å². The molecule has 0 spiro atoms. The van der Waals surface area contributed by atoms with Gasteiger partial charge in [-0.05, 0) is 36.3 Å². The maximum Gasteiger partial charge on any atom is 0.255 e. The summed E-state index contributed by atoms with van der Waals surface area (Å²) < 4.78 is 0. The Morgan fingerprint density at radius 3 is 2.83 bits per heavy atom. The highest BCUT2D eigenvalue weighted by Crippen LogP contribution is 2.29. The quantitative estimate of drug-likeness (QED) is 0.630. The molecule has 0 bridgehead atoms. The van der Waals surface area contributed by atoms with Crippen LogP contribution in [0, 0.1) is 0 Å². The van der Waals surface area contributed by atoms with Crippen molar-refractivity contribution in [1.29, 1.82) is 0 Å². The van der Waals surface area contributed by atoms with Gasteiger partial charge in [0, 0.05) is 24.2 Å². The molecule has 0 aromatic heterocycles. The molecule has 1 saturated heterocycles. The zero-order valence-corrected chi connectivity index (χ0v) is 12.3. The van der Waals surface area contributed by atoms with Gasteiger partial charge in [-0.2, -0.15) is 0 Å². The summed E-state index contributed by atoms with van der Waals surface area (Å²) in [5, 5.41) is 4.89. The molecule has 0 radical (unpaired) electrons. The Balaban J connectivity index is 1.81. The topological polar surface area (TPSA) is 95.6 Å². The number of carbonyl (C=O) groups is 4. The van der Waals surface area contributed by atoms with Crippen LogP contribution in [-0.4, -0.2) is 34.6 Å². The van der Waals surface area contributed by atoms with Crippen LogP contribution in [0.1, 0.15) is 28.8 Å². The molecule has 0 aliphatic carbocycles. The number of benzene rings is 1. The first-order chi connectivity index (χ1) is 11.0. The van der Waals surface area contributed by atoms with Gasteiger partial charge in [-0.3, -0.25) is 24.5 Å². The molecule has 1 unspecified atom stereocenters. The molecular weight excluding hydrogens is 298 g/mol. The third kappa shape index (κ3) is 2.73. The van der Waals surface area contributed by atoms with Crippen molar-refractivity contribution in [1.82, 2.24) is 10.2 Å². The fourth-order valence-electron chi connectivity index (χ4n) is 2.85. The van der Waals surface area contributed by atoms with Crippen molar-refractivity contribution >= 4 is 29.3 Å². The lowest BCUT2D eigenvalue weighted by Gasteiger charge is -2.29. The van der Waals surface area contributed by atoms with E-state index in [1.165, 1.54) is 4.90 Å². The zero-order valence-electron chi connectivity index (χ0n) is 12.3. The van der Waals surface area contributed by atoms with Crippen molar-refractivity contribution in [2.75, 3.05) is 5.32 Å². The number of amides is 4. The van der Waals surface area contributed by atoms with Crippen molar-refractivity contribution in [3.8, 4) is 0 Å². The first-order valence-corrected chi connectivity index (χ1v) is 7.20. The van der Waals surface area contributed by atoms with E-state index in [0.717, 1.165) is 11.6 Å². The number of nitrogens with zero attached hydrogens (tertiary/aromatic N) is 1. The average molecular weight is 313 g/mol. The van der Waals surface area contributed by atoms with Gasteiger partial charge in [-0.15, -0.1) is 0 Å². The number of carbonyl (C=O) groups excluding carboxylic acids is 4. The number of hydrogen-bond donors (Lipinski definition) is 2. The number of anilines is 1. The van der Waals surface area contributed by atoms with Gasteiger partial charge >= 0.3 is 0 Å². The standard InChI is InChI=1S/C16H15N3O4/c1-2-13(20)17-10-3-4-11-9(7-10)8-19(16(11)23)12-5-6-14(21)18-15(12)22/h2-4,7,12H,1,5-6,8H2,(H,17,20)(H,18,21,22). The van der Waals surface area contributed by atoms with Crippen LogP contribution in [0.15, 0.2) is 30.9 Å². The lowest BCUT2D eigenvalue weighted by atomic mass is 10.0. The Morgan fingerprint density at radius 1 is 1.35 bits per heavy atom. The van der Waals surface area contributed by atoms with Crippen LogP contribution in [0.4, 0.5) is 5.69 Å². The summed E-state index contributed by atoms with van der Waals surface area (Å²) >= 11 is 0. The molecule has 0 saturated carbocycles. The molecule has 1 fully saturated rings. The third-order valence-corrected chi connectivity index (χ3v) is 3.98. The van der Waals surface area contributed by atoms with Crippen LogP contribution in [-0.2, 0) is 20.9 Å². The van der Waals surface area contributed by atoms with Gasteiger partial charge in [0.2, 0.25) is 17.7 Å². The molecule has 1 aromatic carbocycles. The zero-order chi connectivity index (χ0) is 16.6. The highest BCUT2D eigenvalue weighted by Gasteiger charge is 2.39. The molecule has 2 aliphatic rings. The van der Waals surface area contributed by atoms with Crippen LogP contribution < -0.4 is 10.6 Å². The van der Waals surface area contributed by atoms with Crippen molar-refractivity contribution < 1.29 is 19.2 Å². The minimum Gasteiger partial charge on any atom is -0.323 e. The van der Waals surface area contributed by atoms with Crippen molar-refractivity contribution in [2.45, 2.75) is 25.4 Å². The average Bonchev–Trinajstić information content (AvgIpc) is 2.83. The Kier molecular flexibility index (Phi) is 3.69. The van der Waals surface area contributed by atoms with E-state index in [9.17, 15) is 19.2 Å².